The molecule has 0 bridgehead atoms. The van der Waals surface area contributed by atoms with Gasteiger partial charge in [0, 0.05) is 19.2 Å². The quantitative estimate of drug-likeness (QED) is 0.782. The molecule has 0 unspecified atom stereocenters. The van der Waals surface area contributed by atoms with Crippen LogP contribution in [0.5, 0.6) is 0 Å². The first-order valence-corrected chi connectivity index (χ1v) is 7.47. The van der Waals surface area contributed by atoms with Crippen LogP contribution in [0.25, 0.3) is 0 Å². The molecule has 3 rings (SSSR count). The van der Waals surface area contributed by atoms with Crippen LogP contribution in [0.15, 0.2) is 12.1 Å². The molecule has 0 radical (unpaired) electrons. The van der Waals surface area contributed by atoms with Crippen molar-refractivity contribution in [3.05, 3.63) is 23.0 Å². The zero-order valence-corrected chi connectivity index (χ0v) is 11.8. The van der Waals surface area contributed by atoms with Gasteiger partial charge in [0.05, 0.1) is 16.4 Å². The number of hydrogen-bond acceptors (Lipinski definition) is 2. The molecular weight excluding hydrogens is 263 g/mol. The van der Waals surface area contributed by atoms with E-state index in [-0.39, 0.29) is 10.8 Å². The number of halogens is 2. The first-order valence-electron chi connectivity index (χ1n) is 7.09. The Bertz CT molecular complexity index is 473. The minimum absolute atomic E-state index is 0.102. The predicted octanol–water partition coefficient (Wildman–Crippen LogP) is 4.22. The SMILES string of the molecule is Nc1cc(Cl)c(F)cc1N1CCC2(CCCC2)CC1. The van der Waals surface area contributed by atoms with Gasteiger partial charge in [-0.15, -0.1) is 0 Å². The number of nitrogens with zero attached hydrogens (tertiary/aromatic N) is 1. The molecule has 2 aliphatic rings. The van der Waals surface area contributed by atoms with Gasteiger partial charge >= 0.3 is 0 Å². The van der Waals surface area contributed by atoms with Crippen molar-refractivity contribution >= 4 is 23.0 Å². The topological polar surface area (TPSA) is 29.3 Å². The van der Waals surface area contributed by atoms with E-state index in [1.807, 2.05) is 0 Å². The van der Waals surface area contributed by atoms with Crippen LogP contribution in [0, 0.1) is 11.2 Å². The molecule has 1 aromatic carbocycles. The number of benzene rings is 1. The van der Waals surface area contributed by atoms with E-state index in [2.05, 4.69) is 4.90 Å². The maximum atomic E-state index is 13.6. The van der Waals surface area contributed by atoms with E-state index in [1.54, 1.807) is 0 Å². The Morgan fingerprint density at radius 2 is 1.74 bits per heavy atom. The Balaban J connectivity index is 1.76. The largest absolute Gasteiger partial charge is 0.397 e. The summed E-state index contributed by atoms with van der Waals surface area (Å²) in [4.78, 5) is 2.21. The van der Waals surface area contributed by atoms with Crippen molar-refractivity contribution in [1.82, 2.24) is 0 Å². The fraction of sp³-hybridized carbons (Fsp3) is 0.600. The van der Waals surface area contributed by atoms with Gasteiger partial charge in [-0.2, -0.15) is 0 Å². The van der Waals surface area contributed by atoms with Gasteiger partial charge < -0.3 is 10.6 Å². The van der Waals surface area contributed by atoms with Crippen molar-refractivity contribution in [2.75, 3.05) is 23.7 Å². The zero-order valence-electron chi connectivity index (χ0n) is 11.1. The third-order valence-corrected chi connectivity index (χ3v) is 5.19. The van der Waals surface area contributed by atoms with Crippen LogP contribution in [-0.4, -0.2) is 13.1 Å². The summed E-state index contributed by atoms with van der Waals surface area (Å²) in [5.41, 5.74) is 7.92. The number of nitrogen functional groups attached to an aromatic ring is 1. The highest BCUT2D eigenvalue weighted by atomic mass is 35.5. The molecule has 1 aliphatic carbocycles. The van der Waals surface area contributed by atoms with Crippen LogP contribution in [0.1, 0.15) is 38.5 Å². The monoisotopic (exact) mass is 282 g/mol. The highest BCUT2D eigenvalue weighted by Gasteiger charge is 2.37. The van der Waals surface area contributed by atoms with Crippen molar-refractivity contribution in [3.63, 3.8) is 0 Å². The highest BCUT2D eigenvalue weighted by Crippen LogP contribution is 2.47. The Morgan fingerprint density at radius 1 is 1.11 bits per heavy atom. The van der Waals surface area contributed by atoms with E-state index in [0.717, 1.165) is 18.8 Å². The van der Waals surface area contributed by atoms with Gasteiger partial charge in [0.1, 0.15) is 5.82 Å². The first kappa shape index (κ1) is 13.0. The molecule has 2 N–H and O–H groups in total. The molecule has 0 atom stereocenters. The lowest BCUT2D eigenvalue weighted by Crippen LogP contribution is -2.39. The molecule has 1 saturated heterocycles. The van der Waals surface area contributed by atoms with Crippen LogP contribution in [0.3, 0.4) is 0 Å². The third kappa shape index (κ3) is 2.40. The van der Waals surface area contributed by atoms with Gasteiger partial charge in [0.25, 0.3) is 0 Å². The van der Waals surface area contributed by atoms with Gasteiger partial charge in [0.2, 0.25) is 0 Å². The summed E-state index contributed by atoms with van der Waals surface area (Å²) in [7, 11) is 0. The molecule has 1 aliphatic heterocycles. The second-order valence-corrected chi connectivity index (χ2v) is 6.43. The number of hydrogen-bond donors (Lipinski definition) is 1. The smallest absolute Gasteiger partial charge is 0.144 e. The Kier molecular flexibility index (Phi) is 3.34. The first-order chi connectivity index (χ1) is 9.10. The van der Waals surface area contributed by atoms with Crippen molar-refractivity contribution < 1.29 is 4.39 Å². The molecule has 1 spiro atoms. The molecule has 0 amide bonds. The minimum atomic E-state index is -0.382. The van der Waals surface area contributed by atoms with E-state index >= 15 is 0 Å². The average Bonchev–Trinajstić information content (AvgIpc) is 2.84. The van der Waals surface area contributed by atoms with Crippen LogP contribution in [0.4, 0.5) is 15.8 Å². The van der Waals surface area contributed by atoms with Gasteiger partial charge in [0.15, 0.2) is 0 Å². The van der Waals surface area contributed by atoms with Gasteiger partial charge in [-0.25, -0.2) is 4.39 Å². The van der Waals surface area contributed by atoms with E-state index in [0.29, 0.717) is 11.1 Å². The zero-order chi connectivity index (χ0) is 13.5. The fourth-order valence-electron chi connectivity index (χ4n) is 3.67. The van der Waals surface area contributed by atoms with Crippen LogP contribution in [-0.2, 0) is 0 Å². The molecule has 4 heteroatoms. The van der Waals surface area contributed by atoms with Crippen molar-refractivity contribution in [1.29, 1.82) is 0 Å². The second kappa shape index (κ2) is 4.86. The standard InChI is InChI=1S/C15H20ClFN2/c16-11-9-13(18)14(10-12(11)17)19-7-5-15(6-8-19)3-1-2-4-15/h9-10H,1-8,18H2. The normalized spacial score (nSPS) is 22.1. The summed E-state index contributed by atoms with van der Waals surface area (Å²) < 4.78 is 13.6. The highest BCUT2D eigenvalue weighted by molar-refractivity contribution is 6.31. The van der Waals surface area contributed by atoms with Crippen LogP contribution >= 0.6 is 11.6 Å². The maximum Gasteiger partial charge on any atom is 0.144 e. The van der Waals surface area contributed by atoms with Crippen molar-refractivity contribution in [2.24, 2.45) is 5.41 Å². The summed E-state index contributed by atoms with van der Waals surface area (Å²) >= 11 is 5.75. The van der Waals surface area contributed by atoms with Crippen LogP contribution in [0.2, 0.25) is 5.02 Å². The maximum absolute atomic E-state index is 13.6. The number of anilines is 2. The molecule has 1 saturated carbocycles. The second-order valence-electron chi connectivity index (χ2n) is 6.02. The van der Waals surface area contributed by atoms with Crippen molar-refractivity contribution in [2.45, 2.75) is 38.5 Å². The summed E-state index contributed by atoms with van der Waals surface area (Å²) in [5, 5.41) is 0.102. The average molecular weight is 283 g/mol. The van der Waals surface area contributed by atoms with E-state index in [4.69, 9.17) is 17.3 Å². The summed E-state index contributed by atoms with van der Waals surface area (Å²) in [6.07, 6.45) is 7.89. The molecule has 2 nitrogen and oxygen atoms in total. The fourth-order valence-corrected chi connectivity index (χ4v) is 3.84. The van der Waals surface area contributed by atoms with E-state index in [9.17, 15) is 4.39 Å². The molecular formula is C15H20ClFN2. The predicted molar refractivity (Wildman–Crippen MR) is 78.2 cm³/mol. The van der Waals surface area contributed by atoms with Crippen LogP contribution < -0.4 is 10.6 Å². The molecule has 2 fully saturated rings. The van der Waals surface area contributed by atoms with Gasteiger partial charge in [-0.1, -0.05) is 24.4 Å². The lowest BCUT2D eigenvalue weighted by Gasteiger charge is -2.40. The Morgan fingerprint density at radius 3 is 2.37 bits per heavy atom. The Labute approximate surface area is 118 Å². The van der Waals surface area contributed by atoms with Crippen molar-refractivity contribution in [3.8, 4) is 0 Å². The minimum Gasteiger partial charge on any atom is -0.397 e. The van der Waals surface area contributed by atoms with E-state index in [1.165, 1.54) is 50.7 Å². The lowest BCUT2D eigenvalue weighted by atomic mass is 9.77. The summed E-state index contributed by atoms with van der Waals surface area (Å²) in [6, 6.07) is 3.00. The lowest BCUT2D eigenvalue weighted by molar-refractivity contribution is 0.226. The summed E-state index contributed by atoms with van der Waals surface area (Å²) in [6.45, 7) is 1.95. The third-order valence-electron chi connectivity index (χ3n) is 4.90. The number of piperidine rings is 1. The Hall–Kier alpha value is -0.960. The molecule has 0 aromatic heterocycles. The van der Waals surface area contributed by atoms with E-state index < -0.39 is 0 Å². The summed E-state index contributed by atoms with van der Waals surface area (Å²) in [5.74, 6) is -0.382. The number of nitrogens with two attached hydrogens (primary N) is 1. The molecule has 19 heavy (non-hydrogen) atoms. The van der Waals surface area contributed by atoms with Gasteiger partial charge in [-0.3, -0.25) is 0 Å². The number of rotatable bonds is 1. The molecule has 1 aromatic rings. The molecule has 1 heterocycles. The van der Waals surface area contributed by atoms with Gasteiger partial charge in [-0.05, 0) is 37.2 Å². The molecule has 104 valence electrons.